The smallest absolute Gasteiger partial charge is 0.0681 e. The fraction of sp³-hybridized carbons (Fsp3) is 0.0588. The number of rotatable bonds is 1. The fourth-order valence-electron chi connectivity index (χ4n) is 1.36. The Morgan fingerprint density at radius 2 is 1.28 bits per heavy atom. The molecule has 1 N–H and O–H groups in total. The maximum atomic E-state index is 8.90. The van der Waals surface area contributed by atoms with Crippen LogP contribution in [0.1, 0.15) is 16.7 Å². The topological polar surface area (TPSA) is 20.2 Å². The van der Waals surface area contributed by atoms with Crippen LogP contribution in [-0.2, 0) is 6.61 Å². The average molecular weight is 236 g/mol. The summed E-state index contributed by atoms with van der Waals surface area (Å²) in [7, 11) is 0. The fourth-order valence-corrected chi connectivity index (χ4v) is 1.36. The number of hydrogen-bond acceptors (Lipinski definition) is 1. The van der Waals surface area contributed by atoms with Crippen LogP contribution >= 0.6 is 0 Å². The molecule has 0 radical (unpaired) electrons. The van der Waals surface area contributed by atoms with E-state index >= 15 is 0 Å². The third-order valence-electron chi connectivity index (χ3n) is 2.26. The molecule has 0 atom stereocenters. The molecular weight excluding hydrogens is 220 g/mol. The van der Waals surface area contributed by atoms with Gasteiger partial charge in [-0.15, -0.1) is 13.2 Å². The van der Waals surface area contributed by atoms with Gasteiger partial charge in [-0.1, -0.05) is 42.2 Å². The zero-order valence-electron chi connectivity index (χ0n) is 10.3. The maximum absolute atomic E-state index is 8.90. The molecule has 0 saturated heterocycles. The molecule has 18 heavy (non-hydrogen) atoms. The standard InChI is InChI=1S/C15H12O.C2H4/c16-12-15-10-8-14(9-11-15)7-6-13-4-2-1-3-5-13;1-2/h1-5,8-11,16H,12H2;1-2H2. The van der Waals surface area contributed by atoms with Gasteiger partial charge in [-0.3, -0.25) is 0 Å². The van der Waals surface area contributed by atoms with Crippen LogP contribution in [0.3, 0.4) is 0 Å². The van der Waals surface area contributed by atoms with Crippen molar-refractivity contribution in [3.8, 4) is 11.8 Å². The second kappa shape index (κ2) is 7.89. The van der Waals surface area contributed by atoms with E-state index in [-0.39, 0.29) is 6.61 Å². The number of aliphatic hydroxyl groups excluding tert-OH is 1. The average Bonchev–Trinajstić information content (AvgIpc) is 2.49. The van der Waals surface area contributed by atoms with Crippen LogP contribution in [0.4, 0.5) is 0 Å². The lowest BCUT2D eigenvalue weighted by Crippen LogP contribution is -1.82. The molecule has 0 spiro atoms. The second-order valence-corrected chi connectivity index (χ2v) is 3.47. The molecule has 0 bridgehead atoms. The predicted molar refractivity (Wildman–Crippen MR) is 76.0 cm³/mol. The summed E-state index contributed by atoms with van der Waals surface area (Å²) in [4.78, 5) is 0. The van der Waals surface area contributed by atoms with Crippen LogP contribution in [0.2, 0.25) is 0 Å². The highest BCUT2D eigenvalue weighted by molar-refractivity contribution is 5.43. The summed E-state index contributed by atoms with van der Waals surface area (Å²) >= 11 is 0. The van der Waals surface area contributed by atoms with E-state index in [1.165, 1.54) is 0 Å². The molecule has 0 aliphatic heterocycles. The normalized spacial score (nSPS) is 8.50. The molecular formula is C17H16O. The maximum Gasteiger partial charge on any atom is 0.0681 e. The van der Waals surface area contributed by atoms with Crippen LogP contribution in [0.5, 0.6) is 0 Å². The summed E-state index contributed by atoms with van der Waals surface area (Å²) in [6, 6.07) is 17.5. The van der Waals surface area contributed by atoms with Gasteiger partial charge in [-0.05, 0) is 29.8 Å². The summed E-state index contributed by atoms with van der Waals surface area (Å²) in [6.07, 6.45) is 0. The highest BCUT2D eigenvalue weighted by Gasteiger charge is 1.89. The molecule has 1 nitrogen and oxygen atoms in total. The summed E-state index contributed by atoms with van der Waals surface area (Å²) in [6.45, 7) is 6.08. The van der Waals surface area contributed by atoms with Gasteiger partial charge < -0.3 is 5.11 Å². The van der Waals surface area contributed by atoms with Gasteiger partial charge in [0.1, 0.15) is 0 Å². The van der Waals surface area contributed by atoms with Crippen molar-refractivity contribution in [1.29, 1.82) is 0 Å². The number of benzene rings is 2. The quantitative estimate of drug-likeness (QED) is 0.594. The van der Waals surface area contributed by atoms with Crippen LogP contribution in [0, 0.1) is 11.8 Å². The van der Waals surface area contributed by atoms with E-state index < -0.39 is 0 Å². The number of hydrogen-bond donors (Lipinski definition) is 1. The Balaban J connectivity index is 0.000000771. The van der Waals surface area contributed by atoms with Crippen molar-refractivity contribution in [3.63, 3.8) is 0 Å². The van der Waals surface area contributed by atoms with E-state index in [9.17, 15) is 0 Å². The lowest BCUT2D eigenvalue weighted by Gasteiger charge is -1.94. The molecule has 0 amide bonds. The van der Waals surface area contributed by atoms with Crippen molar-refractivity contribution in [2.75, 3.05) is 0 Å². The first kappa shape index (κ1) is 13.8. The summed E-state index contributed by atoms with van der Waals surface area (Å²) in [5, 5.41) is 8.90. The first-order valence-corrected chi connectivity index (χ1v) is 5.65. The second-order valence-electron chi connectivity index (χ2n) is 3.47. The molecule has 0 unspecified atom stereocenters. The lowest BCUT2D eigenvalue weighted by molar-refractivity contribution is 0.282. The molecule has 90 valence electrons. The molecule has 2 aromatic carbocycles. The Morgan fingerprint density at radius 1 is 0.778 bits per heavy atom. The van der Waals surface area contributed by atoms with Crippen LogP contribution in [0.25, 0.3) is 0 Å². The Kier molecular flexibility index (Phi) is 6.03. The minimum Gasteiger partial charge on any atom is -0.392 e. The zero-order chi connectivity index (χ0) is 13.2. The van der Waals surface area contributed by atoms with Crippen LogP contribution < -0.4 is 0 Å². The largest absolute Gasteiger partial charge is 0.392 e. The molecule has 0 fully saturated rings. The Labute approximate surface area is 108 Å². The monoisotopic (exact) mass is 236 g/mol. The minimum atomic E-state index is 0.0758. The molecule has 0 heterocycles. The van der Waals surface area contributed by atoms with Crippen molar-refractivity contribution < 1.29 is 5.11 Å². The molecule has 0 aliphatic carbocycles. The Hall–Kier alpha value is -2.30. The zero-order valence-corrected chi connectivity index (χ0v) is 10.3. The minimum absolute atomic E-state index is 0.0758. The van der Waals surface area contributed by atoms with Crippen LogP contribution in [-0.4, -0.2) is 5.11 Å². The molecule has 2 rings (SSSR count). The predicted octanol–water partition coefficient (Wildman–Crippen LogP) is 3.38. The Morgan fingerprint density at radius 3 is 1.78 bits per heavy atom. The van der Waals surface area contributed by atoms with Gasteiger partial charge in [0.15, 0.2) is 0 Å². The molecule has 2 aromatic rings. The highest BCUT2D eigenvalue weighted by atomic mass is 16.3. The van der Waals surface area contributed by atoms with Gasteiger partial charge in [-0.25, -0.2) is 0 Å². The van der Waals surface area contributed by atoms with E-state index in [1.54, 1.807) is 0 Å². The van der Waals surface area contributed by atoms with Gasteiger partial charge in [-0.2, -0.15) is 0 Å². The van der Waals surface area contributed by atoms with Gasteiger partial charge >= 0.3 is 0 Å². The van der Waals surface area contributed by atoms with Gasteiger partial charge in [0.2, 0.25) is 0 Å². The van der Waals surface area contributed by atoms with E-state index in [0.717, 1.165) is 16.7 Å². The molecule has 1 heteroatoms. The van der Waals surface area contributed by atoms with E-state index in [1.807, 2.05) is 54.6 Å². The molecule has 0 aromatic heterocycles. The van der Waals surface area contributed by atoms with E-state index in [2.05, 4.69) is 25.0 Å². The summed E-state index contributed by atoms with van der Waals surface area (Å²) in [5.41, 5.74) is 2.88. The Bertz CT molecular complexity index is 515. The van der Waals surface area contributed by atoms with E-state index in [0.29, 0.717) is 0 Å². The van der Waals surface area contributed by atoms with Crippen molar-refractivity contribution in [1.82, 2.24) is 0 Å². The van der Waals surface area contributed by atoms with Crippen LogP contribution in [0.15, 0.2) is 67.8 Å². The van der Waals surface area contributed by atoms with Crippen molar-refractivity contribution in [2.45, 2.75) is 6.61 Å². The van der Waals surface area contributed by atoms with Gasteiger partial charge in [0, 0.05) is 11.1 Å². The molecule has 0 saturated carbocycles. The lowest BCUT2D eigenvalue weighted by atomic mass is 10.1. The van der Waals surface area contributed by atoms with Gasteiger partial charge in [0.05, 0.1) is 6.61 Å². The first-order chi connectivity index (χ1) is 8.88. The third-order valence-corrected chi connectivity index (χ3v) is 2.26. The van der Waals surface area contributed by atoms with Crippen molar-refractivity contribution in [3.05, 3.63) is 84.4 Å². The van der Waals surface area contributed by atoms with E-state index in [4.69, 9.17) is 5.11 Å². The first-order valence-electron chi connectivity index (χ1n) is 5.65. The number of aliphatic hydroxyl groups is 1. The summed E-state index contributed by atoms with van der Waals surface area (Å²) in [5.74, 6) is 6.17. The SMILES string of the molecule is C=C.OCc1ccc(C#Cc2ccccc2)cc1. The van der Waals surface area contributed by atoms with Gasteiger partial charge in [0.25, 0.3) is 0 Å². The van der Waals surface area contributed by atoms with Crippen molar-refractivity contribution in [2.24, 2.45) is 0 Å². The van der Waals surface area contributed by atoms with Crippen molar-refractivity contribution >= 4 is 0 Å². The third kappa shape index (κ3) is 4.29. The molecule has 0 aliphatic rings. The highest BCUT2D eigenvalue weighted by Crippen LogP contribution is 2.03. The summed E-state index contributed by atoms with van der Waals surface area (Å²) < 4.78 is 0.